The number of benzene rings is 1. The Bertz CT molecular complexity index is 393. The summed E-state index contributed by atoms with van der Waals surface area (Å²) in [5, 5.41) is 22.5. The van der Waals surface area contributed by atoms with Crippen molar-refractivity contribution in [1.82, 2.24) is 5.32 Å². The van der Waals surface area contributed by atoms with Crippen molar-refractivity contribution in [3.05, 3.63) is 33.3 Å². The Morgan fingerprint density at radius 1 is 1.53 bits per heavy atom. The van der Waals surface area contributed by atoms with Gasteiger partial charge in [0, 0.05) is 28.5 Å². The van der Waals surface area contributed by atoms with E-state index in [1.807, 2.05) is 0 Å². The highest BCUT2D eigenvalue weighted by molar-refractivity contribution is 9.10. The van der Waals surface area contributed by atoms with Crippen LogP contribution in [-0.2, 0) is 4.79 Å². The summed E-state index contributed by atoms with van der Waals surface area (Å²) in [6, 6.07) is 5.06. The standard InChI is InChI=1S/C11H13BrClNO3/c1-6(15)14-5-9(16)11(17)10-7(12)3-2-4-8(10)13/h2-4,9,11,16-17H,5H2,1H3,(H,14,15). The highest BCUT2D eigenvalue weighted by Gasteiger charge is 2.23. The van der Waals surface area contributed by atoms with Crippen LogP contribution in [0.2, 0.25) is 5.02 Å². The average Bonchev–Trinajstić information content (AvgIpc) is 2.25. The minimum Gasteiger partial charge on any atom is -0.388 e. The van der Waals surface area contributed by atoms with Crippen LogP contribution in [0.3, 0.4) is 0 Å². The SMILES string of the molecule is CC(=O)NCC(O)C(O)c1c(Cl)cccc1Br. The normalized spacial score (nSPS) is 14.2. The molecule has 0 aliphatic carbocycles. The molecule has 3 N–H and O–H groups in total. The molecule has 2 atom stereocenters. The smallest absolute Gasteiger partial charge is 0.216 e. The van der Waals surface area contributed by atoms with Crippen LogP contribution >= 0.6 is 27.5 Å². The van der Waals surface area contributed by atoms with Gasteiger partial charge in [0.1, 0.15) is 12.2 Å². The number of carbonyl (C=O) groups is 1. The first kappa shape index (κ1) is 14.4. The van der Waals surface area contributed by atoms with Gasteiger partial charge in [-0.3, -0.25) is 4.79 Å². The summed E-state index contributed by atoms with van der Waals surface area (Å²) >= 11 is 9.20. The Labute approximate surface area is 113 Å². The monoisotopic (exact) mass is 321 g/mol. The lowest BCUT2D eigenvalue weighted by atomic mass is 10.0. The summed E-state index contributed by atoms with van der Waals surface area (Å²) in [4.78, 5) is 10.7. The van der Waals surface area contributed by atoms with Gasteiger partial charge in [-0.2, -0.15) is 0 Å². The number of nitrogens with one attached hydrogen (secondary N) is 1. The largest absolute Gasteiger partial charge is 0.388 e. The number of halogens is 2. The fourth-order valence-corrected chi connectivity index (χ4v) is 2.35. The van der Waals surface area contributed by atoms with Crippen molar-refractivity contribution >= 4 is 33.4 Å². The summed E-state index contributed by atoms with van der Waals surface area (Å²) in [5.74, 6) is -0.269. The molecular weight excluding hydrogens is 309 g/mol. The maximum atomic E-state index is 10.7. The number of rotatable bonds is 4. The molecule has 0 aliphatic heterocycles. The second-order valence-electron chi connectivity index (χ2n) is 3.58. The summed E-state index contributed by atoms with van der Waals surface area (Å²) in [5.41, 5.74) is 0.409. The van der Waals surface area contributed by atoms with Crippen LogP contribution in [0, 0.1) is 0 Å². The zero-order valence-corrected chi connectivity index (χ0v) is 11.5. The van der Waals surface area contributed by atoms with Gasteiger partial charge in [-0.1, -0.05) is 33.6 Å². The maximum Gasteiger partial charge on any atom is 0.216 e. The molecule has 1 aromatic carbocycles. The first-order chi connectivity index (χ1) is 7.93. The van der Waals surface area contributed by atoms with E-state index in [-0.39, 0.29) is 12.5 Å². The lowest BCUT2D eigenvalue weighted by Gasteiger charge is -2.20. The molecule has 1 aromatic rings. The van der Waals surface area contributed by atoms with Crippen LogP contribution in [0.15, 0.2) is 22.7 Å². The average molecular weight is 323 g/mol. The highest BCUT2D eigenvalue weighted by atomic mass is 79.9. The number of hydrogen-bond donors (Lipinski definition) is 3. The van der Waals surface area contributed by atoms with E-state index in [0.717, 1.165) is 0 Å². The minimum atomic E-state index is -1.16. The predicted molar refractivity (Wildman–Crippen MR) is 68.8 cm³/mol. The summed E-state index contributed by atoms with van der Waals surface area (Å²) in [7, 11) is 0. The Morgan fingerprint density at radius 2 is 2.18 bits per heavy atom. The highest BCUT2D eigenvalue weighted by Crippen LogP contribution is 2.32. The van der Waals surface area contributed by atoms with E-state index >= 15 is 0 Å². The summed E-state index contributed by atoms with van der Waals surface area (Å²) < 4.78 is 0.611. The lowest BCUT2D eigenvalue weighted by Crippen LogP contribution is -2.34. The third-order valence-corrected chi connectivity index (χ3v) is 3.24. The molecule has 0 aromatic heterocycles. The molecule has 1 rings (SSSR count). The molecule has 4 nitrogen and oxygen atoms in total. The Balaban J connectivity index is 2.81. The van der Waals surface area contributed by atoms with E-state index in [1.165, 1.54) is 6.92 Å². The molecule has 6 heteroatoms. The second kappa shape index (κ2) is 6.35. The van der Waals surface area contributed by atoms with Crippen molar-refractivity contribution < 1.29 is 15.0 Å². The molecule has 2 unspecified atom stereocenters. The number of hydrogen-bond acceptors (Lipinski definition) is 3. The van der Waals surface area contributed by atoms with E-state index in [1.54, 1.807) is 18.2 Å². The van der Waals surface area contributed by atoms with Crippen molar-refractivity contribution in [3.63, 3.8) is 0 Å². The lowest BCUT2D eigenvalue weighted by molar-refractivity contribution is -0.119. The molecule has 0 saturated heterocycles. The number of amides is 1. The van der Waals surface area contributed by atoms with Crippen LogP contribution < -0.4 is 5.32 Å². The molecule has 1 amide bonds. The fraction of sp³-hybridized carbons (Fsp3) is 0.364. The van der Waals surface area contributed by atoms with Gasteiger partial charge in [-0.05, 0) is 12.1 Å². The van der Waals surface area contributed by atoms with Crippen LogP contribution in [0.1, 0.15) is 18.6 Å². The van der Waals surface area contributed by atoms with Crippen LogP contribution in [0.5, 0.6) is 0 Å². The van der Waals surface area contributed by atoms with Gasteiger partial charge >= 0.3 is 0 Å². The Hall–Kier alpha value is -0.620. The van der Waals surface area contributed by atoms with Gasteiger partial charge in [-0.15, -0.1) is 0 Å². The Morgan fingerprint density at radius 3 is 2.71 bits per heavy atom. The van der Waals surface area contributed by atoms with Crippen molar-refractivity contribution in [1.29, 1.82) is 0 Å². The van der Waals surface area contributed by atoms with E-state index in [9.17, 15) is 15.0 Å². The van der Waals surface area contributed by atoms with E-state index in [0.29, 0.717) is 15.1 Å². The summed E-state index contributed by atoms with van der Waals surface area (Å²) in [6.07, 6.45) is -2.28. The Kier molecular flexibility index (Phi) is 5.39. The number of aliphatic hydroxyl groups excluding tert-OH is 2. The maximum absolute atomic E-state index is 10.7. The van der Waals surface area contributed by atoms with Crippen LogP contribution in [-0.4, -0.2) is 28.8 Å². The van der Waals surface area contributed by atoms with Gasteiger partial charge in [0.25, 0.3) is 0 Å². The van der Waals surface area contributed by atoms with Gasteiger partial charge < -0.3 is 15.5 Å². The topological polar surface area (TPSA) is 69.6 Å². The number of aliphatic hydroxyl groups is 2. The molecule has 0 heterocycles. The van der Waals surface area contributed by atoms with E-state index in [2.05, 4.69) is 21.2 Å². The van der Waals surface area contributed by atoms with Crippen molar-refractivity contribution in [3.8, 4) is 0 Å². The molecule has 0 bridgehead atoms. The predicted octanol–water partition coefficient (Wildman–Crippen LogP) is 1.63. The van der Waals surface area contributed by atoms with Gasteiger partial charge in [-0.25, -0.2) is 0 Å². The second-order valence-corrected chi connectivity index (χ2v) is 4.85. The van der Waals surface area contributed by atoms with Gasteiger partial charge in [0.05, 0.1) is 0 Å². The molecule has 0 aliphatic rings. The van der Waals surface area contributed by atoms with E-state index < -0.39 is 12.2 Å². The van der Waals surface area contributed by atoms with Crippen LogP contribution in [0.4, 0.5) is 0 Å². The summed E-state index contributed by atoms with van der Waals surface area (Å²) in [6.45, 7) is 1.30. The molecule has 94 valence electrons. The quantitative estimate of drug-likeness (QED) is 0.789. The van der Waals surface area contributed by atoms with Crippen molar-refractivity contribution in [2.45, 2.75) is 19.1 Å². The zero-order valence-electron chi connectivity index (χ0n) is 9.15. The van der Waals surface area contributed by atoms with Gasteiger partial charge in [0.2, 0.25) is 5.91 Å². The molecule has 0 fully saturated rings. The molecule has 0 saturated carbocycles. The zero-order chi connectivity index (χ0) is 13.0. The van der Waals surface area contributed by atoms with Crippen LogP contribution in [0.25, 0.3) is 0 Å². The molecule has 0 spiro atoms. The fourth-order valence-electron chi connectivity index (χ4n) is 1.35. The van der Waals surface area contributed by atoms with Crippen molar-refractivity contribution in [2.24, 2.45) is 0 Å². The molecular formula is C11H13BrClNO3. The van der Waals surface area contributed by atoms with E-state index in [4.69, 9.17) is 11.6 Å². The molecule has 17 heavy (non-hydrogen) atoms. The van der Waals surface area contributed by atoms with Crippen molar-refractivity contribution in [2.75, 3.05) is 6.54 Å². The molecule has 0 radical (unpaired) electrons. The first-order valence-electron chi connectivity index (χ1n) is 4.98. The van der Waals surface area contributed by atoms with Gasteiger partial charge in [0.15, 0.2) is 0 Å². The first-order valence-corrected chi connectivity index (χ1v) is 6.15. The third kappa shape index (κ3) is 3.96. The third-order valence-electron chi connectivity index (χ3n) is 2.22. The minimum absolute atomic E-state index is 0.0336. The number of carbonyl (C=O) groups excluding carboxylic acids is 1.